The van der Waals surface area contributed by atoms with E-state index in [0.29, 0.717) is 6.54 Å². The summed E-state index contributed by atoms with van der Waals surface area (Å²) in [6.07, 6.45) is -0.438. The molecule has 0 fully saturated rings. The lowest BCUT2D eigenvalue weighted by Crippen LogP contribution is -2.25. The predicted molar refractivity (Wildman–Crippen MR) is 49.9 cm³/mol. The van der Waals surface area contributed by atoms with Gasteiger partial charge in [-0.2, -0.15) is 0 Å². The van der Waals surface area contributed by atoms with Gasteiger partial charge in [0.15, 0.2) is 0 Å². The molecule has 0 amide bonds. The van der Waals surface area contributed by atoms with Gasteiger partial charge >= 0.3 is 0 Å². The van der Waals surface area contributed by atoms with Crippen LogP contribution in [-0.2, 0) is 0 Å². The number of aliphatic hydroxyl groups excluding tert-OH is 1. The van der Waals surface area contributed by atoms with Crippen molar-refractivity contribution in [2.24, 2.45) is 5.73 Å². The first-order chi connectivity index (χ1) is 5.75. The molecule has 1 aromatic rings. The minimum absolute atomic E-state index is 0.121. The lowest BCUT2D eigenvalue weighted by molar-refractivity contribution is 0.157. The van der Waals surface area contributed by atoms with Crippen molar-refractivity contribution in [2.45, 2.75) is 18.9 Å². The molecule has 2 nitrogen and oxygen atoms in total. The van der Waals surface area contributed by atoms with Crippen molar-refractivity contribution in [1.82, 2.24) is 0 Å². The van der Waals surface area contributed by atoms with Crippen LogP contribution in [0.3, 0.4) is 0 Å². The van der Waals surface area contributed by atoms with Gasteiger partial charge in [0.25, 0.3) is 0 Å². The Bertz CT molecular complexity index is 223. The van der Waals surface area contributed by atoms with E-state index in [-0.39, 0.29) is 5.92 Å². The molecule has 0 saturated heterocycles. The minimum Gasteiger partial charge on any atom is -0.391 e. The zero-order valence-corrected chi connectivity index (χ0v) is 7.27. The Kier molecular flexibility index (Phi) is 3.26. The maximum atomic E-state index is 9.45. The minimum atomic E-state index is -0.438. The van der Waals surface area contributed by atoms with Gasteiger partial charge in [0.2, 0.25) is 0 Å². The highest BCUT2D eigenvalue weighted by molar-refractivity contribution is 5.19. The van der Waals surface area contributed by atoms with Crippen LogP contribution in [0.4, 0.5) is 0 Å². The highest BCUT2D eigenvalue weighted by Crippen LogP contribution is 2.17. The summed E-state index contributed by atoms with van der Waals surface area (Å²) in [7, 11) is 0. The Morgan fingerprint density at radius 1 is 1.33 bits per heavy atom. The molecule has 2 unspecified atom stereocenters. The van der Waals surface area contributed by atoms with Crippen molar-refractivity contribution in [2.75, 3.05) is 6.54 Å². The molecule has 0 heterocycles. The molecular weight excluding hydrogens is 150 g/mol. The van der Waals surface area contributed by atoms with Crippen LogP contribution >= 0.6 is 0 Å². The van der Waals surface area contributed by atoms with Gasteiger partial charge in [0.1, 0.15) is 0 Å². The standard InChI is InChI=1S/C10H15NO/c1-8(10(12)7-11)9-5-3-2-4-6-9/h2-6,8,10,12H,7,11H2,1H3. The van der Waals surface area contributed by atoms with Crippen molar-refractivity contribution < 1.29 is 5.11 Å². The van der Waals surface area contributed by atoms with E-state index in [9.17, 15) is 5.11 Å². The second kappa shape index (κ2) is 4.24. The molecule has 2 atom stereocenters. The molecular formula is C10H15NO. The van der Waals surface area contributed by atoms with Crippen LogP contribution in [0.5, 0.6) is 0 Å². The number of rotatable bonds is 3. The van der Waals surface area contributed by atoms with Crippen LogP contribution in [0.1, 0.15) is 18.4 Å². The Hall–Kier alpha value is -0.860. The Balaban J connectivity index is 2.71. The summed E-state index contributed by atoms with van der Waals surface area (Å²) >= 11 is 0. The van der Waals surface area contributed by atoms with Crippen LogP contribution in [0, 0.1) is 0 Å². The lowest BCUT2D eigenvalue weighted by atomic mass is 9.96. The summed E-state index contributed by atoms with van der Waals surface area (Å²) in [6.45, 7) is 2.29. The first kappa shape index (κ1) is 9.23. The highest BCUT2D eigenvalue weighted by Gasteiger charge is 2.13. The highest BCUT2D eigenvalue weighted by atomic mass is 16.3. The fourth-order valence-corrected chi connectivity index (χ4v) is 1.18. The second-order valence-electron chi connectivity index (χ2n) is 3.00. The molecule has 12 heavy (non-hydrogen) atoms. The van der Waals surface area contributed by atoms with E-state index in [1.54, 1.807) is 0 Å². The van der Waals surface area contributed by atoms with Crippen LogP contribution in [-0.4, -0.2) is 17.8 Å². The second-order valence-corrected chi connectivity index (χ2v) is 3.00. The Morgan fingerprint density at radius 3 is 2.42 bits per heavy atom. The smallest absolute Gasteiger partial charge is 0.0728 e. The van der Waals surface area contributed by atoms with Crippen LogP contribution < -0.4 is 5.73 Å². The van der Waals surface area contributed by atoms with Crippen molar-refractivity contribution in [3.8, 4) is 0 Å². The summed E-state index contributed by atoms with van der Waals surface area (Å²) in [4.78, 5) is 0. The summed E-state index contributed by atoms with van der Waals surface area (Å²) in [5.41, 5.74) is 6.49. The molecule has 0 bridgehead atoms. The van der Waals surface area contributed by atoms with E-state index in [1.165, 1.54) is 0 Å². The van der Waals surface area contributed by atoms with Gasteiger partial charge in [-0.1, -0.05) is 37.3 Å². The van der Waals surface area contributed by atoms with Gasteiger partial charge in [-0.15, -0.1) is 0 Å². The molecule has 66 valence electrons. The van der Waals surface area contributed by atoms with Crippen molar-refractivity contribution >= 4 is 0 Å². The molecule has 1 aromatic carbocycles. The molecule has 0 saturated carbocycles. The molecule has 1 rings (SSSR count). The SMILES string of the molecule is CC(c1ccccc1)C(O)CN. The summed E-state index contributed by atoms with van der Waals surface area (Å²) in [6, 6.07) is 9.91. The van der Waals surface area contributed by atoms with Gasteiger partial charge < -0.3 is 10.8 Å². The molecule has 0 aliphatic heterocycles. The van der Waals surface area contributed by atoms with E-state index in [2.05, 4.69) is 0 Å². The summed E-state index contributed by atoms with van der Waals surface area (Å²) < 4.78 is 0. The average molecular weight is 165 g/mol. The molecule has 3 N–H and O–H groups in total. The normalized spacial score (nSPS) is 15.6. The molecule has 0 aromatic heterocycles. The molecule has 0 aliphatic rings. The zero-order valence-electron chi connectivity index (χ0n) is 7.27. The maximum Gasteiger partial charge on any atom is 0.0728 e. The first-order valence-electron chi connectivity index (χ1n) is 4.18. The molecule has 2 heteroatoms. The lowest BCUT2D eigenvalue weighted by Gasteiger charge is -2.16. The topological polar surface area (TPSA) is 46.2 Å². The molecule has 0 spiro atoms. The van der Waals surface area contributed by atoms with E-state index >= 15 is 0 Å². The van der Waals surface area contributed by atoms with E-state index in [0.717, 1.165) is 5.56 Å². The third-order valence-electron chi connectivity index (χ3n) is 2.14. The summed E-state index contributed by atoms with van der Waals surface area (Å²) in [5, 5.41) is 9.45. The number of hydrogen-bond donors (Lipinski definition) is 2. The van der Waals surface area contributed by atoms with E-state index < -0.39 is 6.10 Å². The van der Waals surface area contributed by atoms with Crippen molar-refractivity contribution in [1.29, 1.82) is 0 Å². The van der Waals surface area contributed by atoms with Crippen LogP contribution in [0.25, 0.3) is 0 Å². The van der Waals surface area contributed by atoms with Crippen molar-refractivity contribution in [3.05, 3.63) is 35.9 Å². The largest absolute Gasteiger partial charge is 0.391 e. The van der Waals surface area contributed by atoms with Crippen molar-refractivity contribution in [3.63, 3.8) is 0 Å². The number of hydrogen-bond acceptors (Lipinski definition) is 2. The molecule has 0 aliphatic carbocycles. The number of nitrogens with two attached hydrogens (primary N) is 1. The van der Waals surface area contributed by atoms with Crippen LogP contribution in [0.15, 0.2) is 30.3 Å². The maximum absolute atomic E-state index is 9.45. The number of benzene rings is 1. The Morgan fingerprint density at radius 2 is 1.92 bits per heavy atom. The summed E-state index contributed by atoms with van der Waals surface area (Å²) in [5.74, 6) is 0.121. The monoisotopic (exact) mass is 165 g/mol. The van der Waals surface area contributed by atoms with Gasteiger partial charge in [-0.3, -0.25) is 0 Å². The van der Waals surface area contributed by atoms with Gasteiger partial charge in [-0.25, -0.2) is 0 Å². The third kappa shape index (κ3) is 2.06. The van der Waals surface area contributed by atoms with E-state index in [1.807, 2.05) is 37.3 Å². The van der Waals surface area contributed by atoms with E-state index in [4.69, 9.17) is 5.73 Å². The molecule has 0 radical (unpaired) electrons. The van der Waals surface area contributed by atoms with Crippen LogP contribution in [0.2, 0.25) is 0 Å². The fraction of sp³-hybridized carbons (Fsp3) is 0.400. The van der Waals surface area contributed by atoms with Gasteiger partial charge in [-0.05, 0) is 5.56 Å². The van der Waals surface area contributed by atoms with Gasteiger partial charge in [0, 0.05) is 12.5 Å². The fourth-order valence-electron chi connectivity index (χ4n) is 1.18. The quantitative estimate of drug-likeness (QED) is 0.704. The Labute approximate surface area is 73.0 Å². The third-order valence-corrected chi connectivity index (χ3v) is 2.14. The predicted octanol–water partition coefficient (Wildman–Crippen LogP) is 1.11. The zero-order chi connectivity index (χ0) is 8.97. The number of aliphatic hydroxyl groups is 1. The van der Waals surface area contributed by atoms with Gasteiger partial charge in [0.05, 0.1) is 6.10 Å². The first-order valence-corrected chi connectivity index (χ1v) is 4.18. The average Bonchev–Trinajstić information content (AvgIpc) is 2.17.